The summed E-state index contributed by atoms with van der Waals surface area (Å²) in [6, 6.07) is 9.47. The van der Waals surface area contributed by atoms with Crippen molar-refractivity contribution in [3.63, 3.8) is 0 Å². The molecular formula is C15H19N3OS. The summed E-state index contributed by atoms with van der Waals surface area (Å²) in [6.07, 6.45) is 1.82. The molecule has 0 atom stereocenters. The Labute approximate surface area is 123 Å². The van der Waals surface area contributed by atoms with Crippen LogP contribution < -0.4 is 10.2 Å². The van der Waals surface area contributed by atoms with E-state index < -0.39 is 0 Å². The highest BCUT2D eigenvalue weighted by molar-refractivity contribution is 7.15. The van der Waals surface area contributed by atoms with Gasteiger partial charge < -0.3 is 0 Å². The maximum atomic E-state index is 12.3. The first kappa shape index (κ1) is 14.5. The molecule has 0 bridgehead atoms. The number of urea groups is 1. The average molecular weight is 289 g/mol. The van der Waals surface area contributed by atoms with Gasteiger partial charge in [-0.3, -0.25) is 10.2 Å². The molecule has 106 valence electrons. The lowest BCUT2D eigenvalue weighted by atomic mass is 10.2. The maximum Gasteiger partial charge on any atom is 0.328 e. The molecule has 4 nitrogen and oxygen atoms in total. The Morgan fingerprint density at radius 3 is 2.60 bits per heavy atom. The molecule has 0 saturated carbocycles. The number of rotatable bonds is 4. The molecule has 0 aliphatic carbocycles. The fraction of sp³-hybridized carbons (Fsp3) is 0.333. The lowest BCUT2D eigenvalue weighted by molar-refractivity contribution is 0.257. The molecule has 0 aliphatic rings. The van der Waals surface area contributed by atoms with Crippen LogP contribution in [0.25, 0.3) is 0 Å². The molecule has 1 heterocycles. The van der Waals surface area contributed by atoms with Crippen molar-refractivity contribution < 1.29 is 4.79 Å². The van der Waals surface area contributed by atoms with Crippen LogP contribution in [-0.4, -0.2) is 17.6 Å². The third-order valence-electron chi connectivity index (χ3n) is 2.94. The van der Waals surface area contributed by atoms with Crippen molar-refractivity contribution in [1.29, 1.82) is 0 Å². The van der Waals surface area contributed by atoms with Crippen LogP contribution in [0.5, 0.6) is 0 Å². The number of carbonyl (C=O) groups is 1. The van der Waals surface area contributed by atoms with E-state index in [0.717, 1.165) is 5.69 Å². The van der Waals surface area contributed by atoms with E-state index in [4.69, 9.17) is 0 Å². The van der Waals surface area contributed by atoms with Crippen molar-refractivity contribution in [2.75, 3.05) is 16.8 Å². The van der Waals surface area contributed by atoms with Gasteiger partial charge in [0.15, 0.2) is 5.13 Å². The van der Waals surface area contributed by atoms with Crippen molar-refractivity contribution >= 4 is 28.2 Å². The number of carbonyl (C=O) groups excluding carboxylic acids is 1. The Morgan fingerprint density at radius 2 is 2.05 bits per heavy atom. The zero-order valence-corrected chi connectivity index (χ0v) is 12.8. The van der Waals surface area contributed by atoms with Gasteiger partial charge in [-0.15, -0.1) is 11.3 Å². The summed E-state index contributed by atoms with van der Waals surface area (Å²) in [5, 5.41) is 3.51. The first-order valence-corrected chi connectivity index (χ1v) is 7.52. The summed E-state index contributed by atoms with van der Waals surface area (Å²) in [6.45, 7) is 6.79. The monoisotopic (exact) mass is 289 g/mol. The van der Waals surface area contributed by atoms with Crippen molar-refractivity contribution in [2.45, 2.75) is 26.7 Å². The average Bonchev–Trinajstić information content (AvgIpc) is 2.89. The van der Waals surface area contributed by atoms with Gasteiger partial charge in [-0.25, -0.2) is 9.78 Å². The molecule has 0 spiro atoms. The Balaban J connectivity index is 2.09. The van der Waals surface area contributed by atoms with Crippen molar-refractivity contribution in [2.24, 2.45) is 0 Å². The second-order valence-electron chi connectivity index (χ2n) is 4.73. The molecule has 2 aromatic rings. The summed E-state index contributed by atoms with van der Waals surface area (Å²) in [7, 11) is 0. The predicted molar refractivity (Wildman–Crippen MR) is 84.7 cm³/mol. The largest absolute Gasteiger partial charge is 0.328 e. The molecule has 0 radical (unpaired) electrons. The van der Waals surface area contributed by atoms with Gasteiger partial charge in [-0.05, 0) is 25.0 Å². The number of anilines is 2. The quantitative estimate of drug-likeness (QED) is 0.910. The molecule has 0 aliphatic heterocycles. The summed E-state index contributed by atoms with van der Waals surface area (Å²) >= 11 is 1.52. The number of aromatic nitrogens is 1. The van der Waals surface area contributed by atoms with Crippen LogP contribution in [0.4, 0.5) is 15.6 Å². The van der Waals surface area contributed by atoms with E-state index in [2.05, 4.69) is 24.1 Å². The Hall–Kier alpha value is -1.88. The number of thiazole rings is 1. The van der Waals surface area contributed by atoms with E-state index in [1.807, 2.05) is 43.5 Å². The van der Waals surface area contributed by atoms with E-state index in [9.17, 15) is 4.79 Å². The fourth-order valence-electron chi connectivity index (χ4n) is 1.82. The van der Waals surface area contributed by atoms with Crippen LogP contribution in [0.1, 0.15) is 31.6 Å². The molecule has 2 rings (SSSR count). The Morgan fingerprint density at radius 1 is 1.35 bits per heavy atom. The molecule has 5 heteroatoms. The van der Waals surface area contributed by atoms with E-state index >= 15 is 0 Å². The fourth-order valence-corrected chi connectivity index (χ4v) is 2.63. The second-order valence-corrected chi connectivity index (χ2v) is 5.79. The lowest BCUT2D eigenvalue weighted by Crippen LogP contribution is -2.34. The number of hydrogen-bond donors (Lipinski definition) is 1. The van der Waals surface area contributed by atoms with Crippen LogP contribution >= 0.6 is 11.3 Å². The van der Waals surface area contributed by atoms with Gasteiger partial charge in [0.05, 0.1) is 0 Å². The van der Waals surface area contributed by atoms with Gasteiger partial charge in [-0.2, -0.15) is 0 Å². The molecule has 1 aromatic heterocycles. The van der Waals surface area contributed by atoms with E-state index in [0.29, 0.717) is 17.6 Å². The van der Waals surface area contributed by atoms with Gasteiger partial charge in [-0.1, -0.05) is 32.0 Å². The SMILES string of the molecule is CCN(C(=O)Nc1ncc(C(C)C)s1)c1ccccc1. The molecule has 1 aromatic carbocycles. The number of amides is 2. The topological polar surface area (TPSA) is 45.2 Å². The summed E-state index contributed by atoms with van der Waals surface area (Å²) in [4.78, 5) is 19.4. The third kappa shape index (κ3) is 3.36. The smallest absolute Gasteiger partial charge is 0.294 e. The van der Waals surface area contributed by atoms with Crippen LogP contribution in [0.3, 0.4) is 0 Å². The minimum absolute atomic E-state index is 0.150. The highest BCUT2D eigenvalue weighted by Crippen LogP contribution is 2.25. The van der Waals surface area contributed by atoms with Crippen LogP contribution in [0, 0.1) is 0 Å². The zero-order chi connectivity index (χ0) is 14.5. The molecule has 2 amide bonds. The maximum absolute atomic E-state index is 12.3. The van der Waals surface area contributed by atoms with Crippen LogP contribution in [0.15, 0.2) is 36.5 Å². The Kier molecular flexibility index (Phi) is 4.74. The minimum Gasteiger partial charge on any atom is -0.294 e. The van der Waals surface area contributed by atoms with Crippen LogP contribution in [0.2, 0.25) is 0 Å². The third-order valence-corrected chi connectivity index (χ3v) is 4.15. The first-order chi connectivity index (χ1) is 9.61. The van der Waals surface area contributed by atoms with Gasteiger partial charge in [0.1, 0.15) is 0 Å². The van der Waals surface area contributed by atoms with Crippen molar-refractivity contribution in [3.05, 3.63) is 41.4 Å². The van der Waals surface area contributed by atoms with Gasteiger partial charge in [0.2, 0.25) is 0 Å². The first-order valence-electron chi connectivity index (χ1n) is 6.71. The normalized spacial score (nSPS) is 10.6. The second kappa shape index (κ2) is 6.52. The highest BCUT2D eigenvalue weighted by atomic mass is 32.1. The molecule has 0 saturated heterocycles. The van der Waals surface area contributed by atoms with E-state index in [-0.39, 0.29) is 6.03 Å². The number of hydrogen-bond acceptors (Lipinski definition) is 3. The number of nitrogens with one attached hydrogen (secondary N) is 1. The molecule has 1 N–H and O–H groups in total. The minimum atomic E-state index is -0.150. The lowest BCUT2D eigenvalue weighted by Gasteiger charge is -2.20. The standard InChI is InChI=1S/C15H19N3OS/c1-4-18(12-8-6-5-7-9-12)15(19)17-14-16-10-13(20-14)11(2)3/h5-11H,4H2,1-3H3,(H,16,17,19). The van der Waals surface area contributed by atoms with Gasteiger partial charge >= 0.3 is 6.03 Å². The number of benzene rings is 1. The van der Waals surface area contributed by atoms with Gasteiger partial charge in [0, 0.05) is 23.3 Å². The van der Waals surface area contributed by atoms with Crippen LogP contribution in [-0.2, 0) is 0 Å². The molecular weight excluding hydrogens is 270 g/mol. The van der Waals surface area contributed by atoms with E-state index in [1.54, 1.807) is 4.90 Å². The van der Waals surface area contributed by atoms with Crippen molar-refractivity contribution in [3.8, 4) is 0 Å². The van der Waals surface area contributed by atoms with Crippen molar-refractivity contribution in [1.82, 2.24) is 4.98 Å². The Bertz CT molecular complexity index is 566. The van der Waals surface area contributed by atoms with E-state index in [1.165, 1.54) is 16.2 Å². The summed E-state index contributed by atoms with van der Waals surface area (Å²) in [5.74, 6) is 0.426. The predicted octanol–water partition coefficient (Wildman–Crippen LogP) is 4.32. The number of nitrogens with zero attached hydrogens (tertiary/aromatic N) is 2. The molecule has 0 fully saturated rings. The molecule has 20 heavy (non-hydrogen) atoms. The molecule has 0 unspecified atom stereocenters. The summed E-state index contributed by atoms with van der Waals surface area (Å²) in [5.41, 5.74) is 0.883. The zero-order valence-electron chi connectivity index (χ0n) is 12.0. The summed E-state index contributed by atoms with van der Waals surface area (Å²) < 4.78 is 0. The van der Waals surface area contributed by atoms with Gasteiger partial charge in [0.25, 0.3) is 0 Å². The highest BCUT2D eigenvalue weighted by Gasteiger charge is 2.15. The number of para-hydroxylation sites is 1.